The molecule has 0 radical (unpaired) electrons. The molecule has 0 saturated carbocycles. The van der Waals surface area contributed by atoms with Crippen LogP contribution < -0.4 is 4.90 Å². The van der Waals surface area contributed by atoms with E-state index in [9.17, 15) is 15.2 Å². The molecule has 0 aliphatic carbocycles. The van der Waals surface area contributed by atoms with Crippen LogP contribution in [0.3, 0.4) is 0 Å². The average molecular weight is 287 g/mol. The third kappa shape index (κ3) is 2.71. The van der Waals surface area contributed by atoms with E-state index in [1.807, 2.05) is 31.7 Å². The second-order valence-corrected chi connectivity index (χ2v) is 6.38. The number of aryl methyl sites for hydroxylation is 2. The number of piperidine rings is 1. The molecule has 5 nitrogen and oxygen atoms in total. The highest BCUT2D eigenvalue weighted by atomic mass is 16.4. The maximum Gasteiger partial charge on any atom is 0.326 e. The zero-order valence-corrected chi connectivity index (χ0v) is 13.0. The molecule has 1 aliphatic rings. The molecule has 1 aromatic rings. The van der Waals surface area contributed by atoms with E-state index < -0.39 is 12.0 Å². The van der Waals surface area contributed by atoms with Crippen LogP contribution in [0.5, 0.6) is 0 Å². The fourth-order valence-electron chi connectivity index (χ4n) is 3.29. The highest BCUT2D eigenvalue weighted by molar-refractivity contribution is 5.81. The molecule has 21 heavy (non-hydrogen) atoms. The predicted octanol–water partition coefficient (Wildman–Crippen LogP) is 2.65. The Morgan fingerprint density at radius 1 is 1.52 bits per heavy atom. The number of aliphatic carboxylic acids is 1. The van der Waals surface area contributed by atoms with Crippen molar-refractivity contribution in [3.05, 3.63) is 23.0 Å². The van der Waals surface area contributed by atoms with Gasteiger partial charge in [-0.3, -0.25) is 4.98 Å². The number of carboxylic acids is 1. The summed E-state index contributed by atoms with van der Waals surface area (Å²) in [6.07, 6.45) is 1.79. The molecule has 1 saturated heterocycles. The smallest absolute Gasteiger partial charge is 0.326 e. The fraction of sp³-hybridized carbons (Fsp3) is 0.562. The minimum atomic E-state index is -0.837. The van der Waals surface area contributed by atoms with Crippen LogP contribution in [-0.2, 0) is 4.79 Å². The lowest BCUT2D eigenvalue weighted by Crippen LogP contribution is -2.54. The summed E-state index contributed by atoms with van der Waals surface area (Å²) in [7, 11) is 0. The number of carbonyl (C=O) groups is 1. The van der Waals surface area contributed by atoms with Crippen LogP contribution in [0.4, 0.5) is 5.69 Å². The van der Waals surface area contributed by atoms with E-state index >= 15 is 0 Å². The second-order valence-electron chi connectivity index (χ2n) is 6.38. The highest BCUT2D eigenvalue weighted by Crippen LogP contribution is 2.39. The van der Waals surface area contributed by atoms with E-state index in [-0.39, 0.29) is 5.41 Å². The molecule has 5 heteroatoms. The quantitative estimate of drug-likeness (QED) is 0.904. The van der Waals surface area contributed by atoms with Crippen molar-refractivity contribution < 1.29 is 9.90 Å². The van der Waals surface area contributed by atoms with Crippen molar-refractivity contribution in [2.75, 3.05) is 11.4 Å². The van der Waals surface area contributed by atoms with E-state index in [1.54, 1.807) is 6.92 Å². The van der Waals surface area contributed by atoms with Crippen molar-refractivity contribution in [2.45, 2.75) is 46.6 Å². The highest BCUT2D eigenvalue weighted by Gasteiger charge is 2.43. The van der Waals surface area contributed by atoms with Crippen molar-refractivity contribution in [1.82, 2.24) is 4.98 Å². The van der Waals surface area contributed by atoms with E-state index in [2.05, 4.69) is 11.1 Å². The topological polar surface area (TPSA) is 77.2 Å². The second kappa shape index (κ2) is 5.36. The first-order chi connectivity index (χ1) is 9.77. The number of carboxylic acid groups (broad SMARTS) is 1. The van der Waals surface area contributed by atoms with Crippen LogP contribution in [0.25, 0.3) is 0 Å². The molecule has 1 N–H and O–H groups in total. The van der Waals surface area contributed by atoms with Gasteiger partial charge in [0.15, 0.2) is 0 Å². The van der Waals surface area contributed by atoms with Gasteiger partial charge in [0.1, 0.15) is 12.1 Å². The molecule has 1 aliphatic heterocycles. The molecule has 2 rings (SSSR count). The molecule has 0 bridgehead atoms. The Bertz CT molecular complexity index is 617. The van der Waals surface area contributed by atoms with Crippen LogP contribution in [0, 0.1) is 30.6 Å². The summed E-state index contributed by atoms with van der Waals surface area (Å²) in [5.74, 6) is -0.837. The van der Waals surface area contributed by atoms with Gasteiger partial charge in [0.25, 0.3) is 0 Å². The summed E-state index contributed by atoms with van der Waals surface area (Å²) < 4.78 is 0. The van der Waals surface area contributed by atoms with E-state index in [1.165, 1.54) is 0 Å². The monoisotopic (exact) mass is 287 g/mol. The standard InChI is InChI=1S/C16H21N3O2/c1-10-8-13(12(9-17)11(2)18-10)19-7-5-6-16(3,4)14(19)15(20)21/h8,14H,5-7H2,1-4H3,(H,20,21). The Morgan fingerprint density at radius 3 is 2.76 bits per heavy atom. The first-order valence-corrected chi connectivity index (χ1v) is 7.15. The third-order valence-corrected chi connectivity index (χ3v) is 4.23. The lowest BCUT2D eigenvalue weighted by atomic mass is 9.76. The van der Waals surface area contributed by atoms with Gasteiger partial charge in [-0.2, -0.15) is 5.26 Å². The number of hydrogen-bond donors (Lipinski definition) is 1. The van der Waals surface area contributed by atoms with Gasteiger partial charge in [-0.05, 0) is 38.2 Å². The zero-order chi connectivity index (χ0) is 15.8. The summed E-state index contributed by atoms with van der Waals surface area (Å²) in [4.78, 5) is 18.0. The Kier molecular flexibility index (Phi) is 3.91. The number of nitrogens with zero attached hydrogens (tertiary/aromatic N) is 3. The van der Waals surface area contributed by atoms with Crippen molar-refractivity contribution >= 4 is 11.7 Å². The SMILES string of the molecule is Cc1cc(N2CCCC(C)(C)C2C(=O)O)c(C#N)c(C)n1. The molecule has 0 spiro atoms. The van der Waals surface area contributed by atoms with Gasteiger partial charge >= 0.3 is 5.97 Å². The van der Waals surface area contributed by atoms with Crippen molar-refractivity contribution in [3.63, 3.8) is 0 Å². The molecule has 1 atom stereocenters. The van der Waals surface area contributed by atoms with Crippen LogP contribution >= 0.6 is 0 Å². The Labute approximate surface area is 125 Å². The Morgan fingerprint density at radius 2 is 2.19 bits per heavy atom. The van der Waals surface area contributed by atoms with Crippen LogP contribution in [0.2, 0.25) is 0 Å². The fourth-order valence-corrected chi connectivity index (χ4v) is 3.29. The summed E-state index contributed by atoms with van der Waals surface area (Å²) in [5.41, 5.74) is 2.29. The van der Waals surface area contributed by atoms with Gasteiger partial charge in [-0.15, -0.1) is 0 Å². The minimum Gasteiger partial charge on any atom is -0.480 e. The molecule has 1 aromatic heterocycles. The first-order valence-electron chi connectivity index (χ1n) is 7.15. The predicted molar refractivity (Wildman–Crippen MR) is 80.2 cm³/mol. The van der Waals surface area contributed by atoms with Crippen LogP contribution in [0.15, 0.2) is 6.07 Å². The first kappa shape index (κ1) is 15.3. The molecular weight excluding hydrogens is 266 g/mol. The lowest BCUT2D eigenvalue weighted by molar-refractivity contribution is -0.142. The van der Waals surface area contributed by atoms with Crippen LogP contribution in [-0.4, -0.2) is 28.6 Å². The van der Waals surface area contributed by atoms with Gasteiger partial charge in [-0.1, -0.05) is 13.8 Å². The molecule has 2 heterocycles. The Hall–Kier alpha value is -2.09. The van der Waals surface area contributed by atoms with Gasteiger partial charge in [0.2, 0.25) is 0 Å². The molecule has 0 amide bonds. The number of hydrogen-bond acceptors (Lipinski definition) is 4. The Balaban J connectivity index is 2.59. The maximum atomic E-state index is 11.8. The lowest BCUT2D eigenvalue weighted by Gasteiger charge is -2.45. The van der Waals surface area contributed by atoms with Gasteiger partial charge in [0.05, 0.1) is 16.9 Å². The van der Waals surface area contributed by atoms with Gasteiger partial charge in [-0.25, -0.2) is 4.79 Å². The number of pyridine rings is 1. The minimum absolute atomic E-state index is 0.331. The van der Waals surface area contributed by atoms with E-state index in [0.29, 0.717) is 23.5 Å². The average Bonchev–Trinajstić information content (AvgIpc) is 2.35. The molecular formula is C16H21N3O2. The largest absolute Gasteiger partial charge is 0.480 e. The molecule has 112 valence electrons. The number of anilines is 1. The van der Waals surface area contributed by atoms with Gasteiger partial charge in [0, 0.05) is 12.2 Å². The van der Waals surface area contributed by atoms with E-state index in [4.69, 9.17) is 0 Å². The maximum absolute atomic E-state index is 11.8. The third-order valence-electron chi connectivity index (χ3n) is 4.23. The summed E-state index contributed by atoms with van der Waals surface area (Å²) in [6.45, 7) is 8.26. The van der Waals surface area contributed by atoms with Crippen molar-refractivity contribution in [2.24, 2.45) is 5.41 Å². The summed E-state index contributed by atoms with van der Waals surface area (Å²) >= 11 is 0. The molecule has 0 aromatic carbocycles. The van der Waals surface area contributed by atoms with Crippen molar-refractivity contribution in [3.8, 4) is 6.07 Å². The van der Waals surface area contributed by atoms with E-state index in [0.717, 1.165) is 18.5 Å². The molecule has 1 unspecified atom stereocenters. The number of rotatable bonds is 2. The van der Waals surface area contributed by atoms with Crippen LogP contribution in [0.1, 0.15) is 43.6 Å². The van der Waals surface area contributed by atoms with Crippen molar-refractivity contribution in [1.29, 1.82) is 5.26 Å². The van der Waals surface area contributed by atoms with Gasteiger partial charge < -0.3 is 10.0 Å². The zero-order valence-electron chi connectivity index (χ0n) is 13.0. The number of nitriles is 1. The number of aromatic nitrogens is 1. The summed E-state index contributed by atoms with van der Waals surface area (Å²) in [5, 5.41) is 19.1. The molecule has 1 fully saturated rings. The summed E-state index contributed by atoms with van der Waals surface area (Å²) in [6, 6.07) is 3.38. The normalized spacial score (nSPS) is 20.9.